The molecule has 0 aromatic heterocycles. The predicted molar refractivity (Wildman–Crippen MR) is 96.0 cm³/mol. The molecule has 22 heavy (non-hydrogen) atoms. The van der Waals surface area contributed by atoms with Crippen molar-refractivity contribution in [3.05, 3.63) is 24.3 Å². The smallest absolute Gasteiger partial charge is 0.302 e. The van der Waals surface area contributed by atoms with Crippen LogP contribution in [0, 0.1) is 0 Å². The second kappa shape index (κ2) is 18.0. The molecule has 0 rings (SSSR count). The Labute approximate surface area is 138 Å². The van der Waals surface area contributed by atoms with E-state index in [2.05, 4.69) is 31.2 Å². The fourth-order valence-corrected chi connectivity index (χ4v) is 2.27. The van der Waals surface area contributed by atoms with Gasteiger partial charge in [0.05, 0.1) is 6.61 Å². The number of ether oxygens (including phenoxy) is 1. The Hall–Kier alpha value is -1.05. The van der Waals surface area contributed by atoms with Gasteiger partial charge in [-0.05, 0) is 44.9 Å². The Morgan fingerprint density at radius 1 is 0.727 bits per heavy atom. The van der Waals surface area contributed by atoms with Gasteiger partial charge in [0.1, 0.15) is 0 Å². The molecule has 0 heterocycles. The molecule has 128 valence electrons. The maximum absolute atomic E-state index is 10.6. The maximum atomic E-state index is 10.6. The summed E-state index contributed by atoms with van der Waals surface area (Å²) in [5.41, 5.74) is 0. The van der Waals surface area contributed by atoms with E-state index >= 15 is 0 Å². The molecule has 0 spiro atoms. The van der Waals surface area contributed by atoms with Crippen molar-refractivity contribution < 1.29 is 9.53 Å². The van der Waals surface area contributed by atoms with E-state index in [1.165, 1.54) is 71.1 Å². The van der Waals surface area contributed by atoms with Gasteiger partial charge < -0.3 is 4.74 Å². The van der Waals surface area contributed by atoms with Crippen molar-refractivity contribution >= 4 is 5.97 Å². The zero-order chi connectivity index (χ0) is 16.3. The summed E-state index contributed by atoms with van der Waals surface area (Å²) in [5.74, 6) is -0.180. The molecule has 0 aliphatic heterocycles. The van der Waals surface area contributed by atoms with Crippen LogP contribution in [0.4, 0.5) is 0 Å². The number of rotatable bonds is 15. The number of carbonyl (C=O) groups excluding carboxylic acids is 1. The minimum Gasteiger partial charge on any atom is -0.466 e. The average molecular weight is 309 g/mol. The van der Waals surface area contributed by atoms with Gasteiger partial charge >= 0.3 is 5.97 Å². The van der Waals surface area contributed by atoms with Crippen molar-refractivity contribution in [3.63, 3.8) is 0 Å². The van der Waals surface area contributed by atoms with Gasteiger partial charge in [0, 0.05) is 6.92 Å². The van der Waals surface area contributed by atoms with E-state index in [4.69, 9.17) is 4.74 Å². The first-order valence-electron chi connectivity index (χ1n) is 9.20. The Morgan fingerprint density at radius 3 is 1.68 bits per heavy atom. The third-order valence-electron chi connectivity index (χ3n) is 3.62. The quantitative estimate of drug-likeness (QED) is 0.200. The first-order valence-corrected chi connectivity index (χ1v) is 9.20. The van der Waals surface area contributed by atoms with Crippen molar-refractivity contribution in [1.82, 2.24) is 0 Å². The third kappa shape index (κ3) is 18.9. The van der Waals surface area contributed by atoms with E-state index in [0.29, 0.717) is 6.61 Å². The van der Waals surface area contributed by atoms with E-state index in [0.717, 1.165) is 12.8 Å². The second-order valence-electron chi connectivity index (χ2n) is 5.91. The zero-order valence-electron chi connectivity index (χ0n) is 14.8. The number of esters is 1. The number of hydrogen-bond donors (Lipinski definition) is 0. The Bertz CT molecular complexity index is 292. The lowest BCUT2D eigenvalue weighted by Crippen LogP contribution is -1.99. The van der Waals surface area contributed by atoms with Gasteiger partial charge in [-0.15, -0.1) is 0 Å². The highest BCUT2D eigenvalue weighted by Crippen LogP contribution is 2.08. The van der Waals surface area contributed by atoms with Crippen molar-refractivity contribution in [1.29, 1.82) is 0 Å². The Kier molecular flexibility index (Phi) is 17.1. The molecule has 0 aliphatic rings. The average Bonchev–Trinajstić information content (AvgIpc) is 2.50. The van der Waals surface area contributed by atoms with Crippen LogP contribution >= 0.6 is 0 Å². The molecule has 2 heteroatoms. The van der Waals surface area contributed by atoms with Crippen LogP contribution in [0.1, 0.15) is 90.9 Å². The summed E-state index contributed by atoms with van der Waals surface area (Å²) in [7, 11) is 0. The monoisotopic (exact) mass is 308 g/mol. The van der Waals surface area contributed by atoms with Crippen LogP contribution in [0.2, 0.25) is 0 Å². The molecule has 0 atom stereocenters. The molecule has 0 aliphatic carbocycles. The standard InChI is InChI=1S/C20H36O2/c1-3-4-5-6-7-8-9-10-11-12-13-14-15-16-17-18-19-22-20(2)21/h6-7,15-16H,3-5,8-14,17-19H2,1-2H3/b7-6+,16-15+. The molecule has 0 aromatic rings. The second-order valence-corrected chi connectivity index (χ2v) is 5.91. The number of carbonyl (C=O) groups is 1. The topological polar surface area (TPSA) is 26.3 Å². The van der Waals surface area contributed by atoms with Crippen LogP contribution < -0.4 is 0 Å². The number of allylic oxidation sites excluding steroid dienone is 4. The van der Waals surface area contributed by atoms with Crippen molar-refractivity contribution in [3.8, 4) is 0 Å². The van der Waals surface area contributed by atoms with E-state index in [9.17, 15) is 4.79 Å². The minimum absolute atomic E-state index is 0.180. The van der Waals surface area contributed by atoms with Crippen LogP contribution in [0.5, 0.6) is 0 Å². The molecule has 0 saturated heterocycles. The molecule has 0 unspecified atom stereocenters. The number of unbranched alkanes of at least 4 members (excludes halogenated alkanes) is 9. The molecule has 0 aromatic carbocycles. The van der Waals surface area contributed by atoms with E-state index in [-0.39, 0.29) is 5.97 Å². The van der Waals surface area contributed by atoms with Gasteiger partial charge in [-0.3, -0.25) is 4.79 Å². The van der Waals surface area contributed by atoms with Gasteiger partial charge in [-0.25, -0.2) is 0 Å². The Balaban J connectivity index is 3.13. The van der Waals surface area contributed by atoms with Crippen LogP contribution in [-0.4, -0.2) is 12.6 Å². The van der Waals surface area contributed by atoms with Crippen molar-refractivity contribution in [2.45, 2.75) is 90.9 Å². The summed E-state index contributed by atoms with van der Waals surface area (Å²) < 4.78 is 4.88. The summed E-state index contributed by atoms with van der Waals surface area (Å²) in [6, 6.07) is 0. The lowest BCUT2D eigenvalue weighted by Gasteiger charge is -1.99. The molecule has 0 N–H and O–H groups in total. The fraction of sp³-hybridized carbons (Fsp3) is 0.750. The Morgan fingerprint density at radius 2 is 1.18 bits per heavy atom. The highest BCUT2D eigenvalue weighted by molar-refractivity contribution is 5.65. The van der Waals surface area contributed by atoms with Crippen LogP contribution in [0.3, 0.4) is 0 Å². The van der Waals surface area contributed by atoms with Crippen LogP contribution in [0.15, 0.2) is 24.3 Å². The predicted octanol–water partition coefficient (Wildman–Crippen LogP) is 6.36. The molecule has 0 fully saturated rings. The first-order chi connectivity index (χ1) is 10.8. The van der Waals surface area contributed by atoms with Crippen LogP contribution in [0.25, 0.3) is 0 Å². The van der Waals surface area contributed by atoms with Crippen LogP contribution in [-0.2, 0) is 9.53 Å². The van der Waals surface area contributed by atoms with Crippen molar-refractivity contribution in [2.75, 3.05) is 6.61 Å². The first kappa shape index (κ1) is 20.9. The summed E-state index contributed by atoms with van der Waals surface area (Å²) in [6.07, 6.45) is 24.2. The van der Waals surface area contributed by atoms with Gasteiger partial charge in [0.2, 0.25) is 0 Å². The number of hydrogen-bond acceptors (Lipinski definition) is 2. The molecular formula is C20H36O2. The third-order valence-corrected chi connectivity index (χ3v) is 3.62. The molecule has 0 saturated carbocycles. The van der Waals surface area contributed by atoms with Gasteiger partial charge in [0.25, 0.3) is 0 Å². The summed E-state index contributed by atoms with van der Waals surface area (Å²) in [4.78, 5) is 10.6. The summed E-state index contributed by atoms with van der Waals surface area (Å²) >= 11 is 0. The molecule has 0 amide bonds. The van der Waals surface area contributed by atoms with Gasteiger partial charge in [-0.1, -0.05) is 63.3 Å². The highest BCUT2D eigenvalue weighted by atomic mass is 16.5. The van der Waals surface area contributed by atoms with E-state index in [1.54, 1.807) is 0 Å². The minimum atomic E-state index is -0.180. The van der Waals surface area contributed by atoms with E-state index in [1.807, 2.05) is 0 Å². The SMILES string of the molecule is CCCC/C=C/CCCCCCC/C=C/CCCOC(C)=O. The lowest BCUT2D eigenvalue weighted by atomic mass is 10.1. The molecule has 0 bridgehead atoms. The van der Waals surface area contributed by atoms with Crippen molar-refractivity contribution in [2.24, 2.45) is 0 Å². The fourth-order valence-electron chi connectivity index (χ4n) is 2.27. The maximum Gasteiger partial charge on any atom is 0.302 e. The van der Waals surface area contributed by atoms with Gasteiger partial charge in [0.15, 0.2) is 0 Å². The largest absolute Gasteiger partial charge is 0.466 e. The normalized spacial score (nSPS) is 11.5. The van der Waals surface area contributed by atoms with Gasteiger partial charge in [-0.2, -0.15) is 0 Å². The summed E-state index contributed by atoms with van der Waals surface area (Å²) in [6.45, 7) is 4.25. The van der Waals surface area contributed by atoms with E-state index < -0.39 is 0 Å². The molecular weight excluding hydrogens is 272 g/mol. The zero-order valence-corrected chi connectivity index (χ0v) is 14.8. The molecule has 0 radical (unpaired) electrons. The molecule has 2 nitrogen and oxygen atoms in total. The summed E-state index contributed by atoms with van der Waals surface area (Å²) in [5, 5.41) is 0. The highest BCUT2D eigenvalue weighted by Gasteiger charge is 1.91. The lowest BCUT2D eigenvalue weighted by molar-refractivity contribution is -0.141.